The zero-order valence-corrected chi connectivity index (χ0v) is 18.9. The van der Waals surface area contributed by atoms with Gasteiger partial charge in [0.1, 0.15) is 5.82 Å². The monoisotopic (exact) mass is 388 g/mol. The lowest BCUT2D eigenvalue weighted by atomic mass is 9.71. The van der Waals surface area contributed by atoms with E-state index in [4.69, 9.17) is 0 Å². The van der Waals surface area contributed by atoms with Gasteiger partial charge in [-0.05, 0) is 88.2 Å². The summed E-state index contributed by atoms with van der Waals surface area (Å²) in [6.45, 7) is 16.8. The van der Waals surface area contributed by atoms with Gasteiger partial charge in [0.15, 0.2) is 0 Å². The first-order valence-corrected chi connectivity index (χ1v) is 11.9. The summed E-state index contributed by atoms with van der Waals surface area (Å²) >= 11 is 0. The van der Waals surface area contributed by atoms with Gasteiger partial charge in [-0.3, -0.25) is 0 Å². The molecule has 1 aromatic heterocycles. The Morgan fingerprint density at radius 1 is 0.929 bits per heavy atom. The number of nitrogens with one attached hydrogen (secondary N) is 1. The summed E-state index contributed by atoms with van der Waals surface area (Å²) in [6, 6.07) is 6.26. The Kier molecular flexibility index (Phi) is 10.3. The highest BCUT2D eigenvalue weighted by molar-refractivity contribution is 5.38. The van der Waals surface area contributed by atoms with E-state index in [9.17, 15) is 0 Å². The quantitative estimate of drug-likeness (QED) is 0.805. The minimum atomic E-state index is 0.621. The number of hydrogen-bond donors (Lipinski definition) is 1. The molecule has 4 heterocycles. The van der Waals surface area contributed by atoms with Crippen molar-refractivity contribution in [2.45, 2.75) is 66.2 Å². The van der Waals surface area contributed by atoms with Gasteiger partial charge in [-0.15, -0.1) is 0 Å². The molecule has 0 aliphatic carbocycles. The van der Waals surface area contributed by atoms with E-state index < -0.39 is 0 Å². The van der Waals surface area contributed by atoms with E-state index in [2.05, 4.69) is 32.2 Å². The molecule has 3 saturated heterocycles. The third-order valence-electron chi connectivity index (χ3n) is 6.69. The average Bonchev–Trinajstić information content (AvgIpc) is 2.80. The Labute approximate surface area is 174 Å². The Bertz CT molecular complexity index is 495. The highest BCUT2D eigenvalue weighted by Crippen LogP contribution is 2.42. The number of hydrogen-bond acceptors (Lipinski definition) is 4. The van der Waals surface area contributed by atoms with Crippen molar-refractivity contribution in [3.8, 4) is 0 Å². The molecular formula is C24H44N4. The topological polar surface area (TPSA) is 31.4 Å². The van der Waals surface area contributed by atoms with Gasteiger partial charge >= 0.3 is 0 Å². The first kappa shape index (κ1) is 23.2. The molecule has 0 saturated carbocycles. The van der Waals surface area contributed by atoms with Crippen LogP contribution in [0.3, 0.4) is 0 Å². The maximum Gasteiger partial charge on any atom is 0.128 e. The van der Waals surface area contributed by atoms with Gasteiger partial charge in [-0.25, -0.2) is 4.98 Å². The molecule has 0 radical (unpaired) electrons. The van der Waals surface area contributed by atoms with E-state index in [-0.39, 0.29) is 0 Å². The fourth-order valence-electron chi connectivity index (χ4n) is 4.89. The zero-order chi connectivity index (χ0) is 20.2. The summed E-state index contributed by atoms with van der Waals surface area (Å²) in [4.78, 5) is 9.76. The maximum atomic E-state index is 4.53. The molecule has 1 N–H and O–H groups in total. The number of aromatic nitrogens is 1. The summed E-state index contributed by atoms with van der Waals surface area (Å²) in [6.07, 6.45) is 10.2. The van der Waals surface area contributed by atoms with Gasteiger partial charge in [-0.2, -0.15) is 0 Å². The van der Waals surface area contributed by atoms with Gasteiger partial charge in [0.05, 0.1) is 0 Å². The molecule has 160 valence electrons. The van der Waals surface area contributed by atoms with Crippen molar-refractivity contribution in [1.82, 2.24) is 15.2 Å². The summed E-state index contributed by atoms with van der Waals surface area (Å²) in [7, 11) is 0. The third kappa shape index (κ3) is 6.45. The minimum Gasteiger partial charge on any atom is -0.357 e. The molecule has 4 heteroatoms. The lowest BCUT2D eigenvalue weighted by Gasteiger charge is -2.47. The van der Waals surface area contributed by atoms with Crippen LogP contribution in [0.5, 0.6) is 0 Å². The molecule has 4 rings (SSSR count). The van der Waals surface area contributed by atoms with Crippen LogP contribution in [-0.2, 0) is 0 Å². The first-order chi connectivity index (χ1) is 13.8. The van der Waals surface area contributed by atoms with Crippen LogP contribution in [0.2, 0.25) is 0 Å². The lowest BCUT2D eigenvalue weighted by Crippen LogP contribution is -2.48. The summed E-state index contributed by atoms with van der Waals surface area (Å²) in [5.41, 5.74) is 0.621. The molecule has 0 amide bonds. The second kappa shape index (κ2) is 12.4. The van der Waals surface area contributed by atoms with Crippen LogP contribution >= 0.6 is 0 Å². The van der Waals surface area contributed by atoms with E-state index in [0.29, 0.717) is 5.41 Å². The van der Waals surface area contributed by atoms with Gasteiger partial charge in [0.2, 0.25) is 0 Å². The van der Waals surface area contributed by atoms with E-state index in [1.54, 1.807) is 0 Å². The largest absolute Gasteiger partial charge is 0.357 e. The Hall–Kier alpha value is -1.13. The SMILES string of the molecule is CC.CC.c1ccc(N2CCC3(CCN(CC4CCNCC4)CC3)CC2)nc1. The Balaban J connectivity index is 0.000000660. The molecule has 3 fully saturated rings. The van der Waals surface area contributed by atoms with E-state index in [1.807, 2.05) is 40.0 Å². The standard InChI is InChI=1S/C20H32N4.2C2H6/c1-2-10-22-19(3-1)24-15-8-20(9-16-24)6-13-23(14-7-20)17-18-4-11-21-12-5-18;2*1-2/h1-3,10,18,21H,4-9,11-17H2;2*1-2H3. The van der Waals surface area contributed by atoms with Crippen LogP contribution in [-0.4, -0.2) is 55.7 Å². The van der Waals surface area contributed by atoms with Crippen LogP contribution < -0.4 is 10.2 Å². The molecule has 3 aliphatic rings. The van der Waals surface area contributed by atoms with Crippen molar-refractivity contribution in [1.29, 1.82) is 0 Å². The second-order valence-electron chi connectivity index (χ2n) is 8.17. The molecule has 0 aromatic carbocycles. The number of pyridine rings is 1. The fourth-order valence-corrected chi connectivity index (χ4v) is 4.89. The van der Waals surface area contributed by atoms with Crippen molar-refractivity contribution in [2.75, 3.05) is 50.7 Å². The molecule has 28 heavy (non-hydrogen) atoms. The molecule has 0 atom stereocenters. The fraction of sp³-hybridized carbons (Fsp3) is 0.792. The number of piperidine rings is 3. The second-order valence-corrected chi connectivity index (χ2v) is 8.17. The Morgan fingerprint density at radius 3 is 2.11 bits per heavy atom. The van der Waals surface area contributed by atoms with Gasteiger partial charge in [-0.1, -0.05) is 33.8 Å². The molecule has 1 aromatic rings. The van der Waals surface area contributed by atoms with Crippen molar-refractivity contribution >= 4 is 5.82 Å². The number of rotatable bonds is 3. The van der Waals surface area contributed by atoms with Crippen molar-refractivity contribution in [3.63, 3.8) is 0 Å². The van der Waals surface area contributed by atoms with Crippen LogP contribution in [0.25, 0.3) is 0 Å². The normalized spacial score (nSPS) is 22.6. The first-order valence-electron chi connectivity index (χ1n) is 11.9. The Morgan fingerprint density at radius 2 is 1.54 bits per heavy atom. The molecule has 3 aliphatic heterocycles. The average molecular weight is 389 g/mol. The summed E-state index contributed by atoms with van der Waals surface area (Å²) < 4.78 is 0. The lowest BCUT2D eigenvalue weighted by molar-refractivity contribution is 0.0670. The summed E-state index contributed by atoms with van der Waals surface area (Å²) in [5.74, 6) is 2.10. The predicted octanol–water partition coefficient (Wildman–Crippen LogP) is 4.82. The van der Waals surface area contributed by atoms with E-state index in [1.165, 1.54) is 84.3 Å². The molecule has 0 bridgehead atoms. The predicted molar refractivity (Wildman–Crippen MR) is 122 cm³/mol. The third-order valence-corrected chi connectivity index (χ3v) is 6.69. The minimum absolute atomic E-state index is 0.621. The van der Waals surface area contributed by atoms with Gasteiger partial charge < -0.3 is 15.1 Å². The van der Waals surface area contributed by atoms with Crippen molar-refractivity contribution in [2.24, 2.45) is 11.3 Å². The number of likely N-dealkylation sites (tertiary alicyclic amines) is 1. The molecule has 1 spiro atoms. The highest BCUT2D eigenvalue weighted by atomic mass is 15.2. The van der Waals surface area contributed by atoms with Gasteiger partial charge in [0.25, 0.3) is 0 Å². The smallest absolute Gasteiger partial charge is 0.128 e. The number of nitrogens with zero attached hydrogens (tertiary/aromatic N) is 3. The number of anilines is 1. The van der Waals surface area contributed by atoms with Crippen LogP contribution in [0.15, 0.2) is 24.4 Å². The maximum absolute atomic E-state index is 4.53. The van der Waals surface area contributed by atoms with E-state index >= 15 is 0 Å². The van der Waals surface area contributed by atoms with Crippen LogP contribution in [0.4, 0.5) is 5.82 Å². The van der Waals surface area contributed by atoms with Gasteiger partial charge in [0, 0.05) is 25.8 Å². The molecular weight excluding hydrogens is 344 g/mol. The van der Waals surface area contributed by atoms with Crippen LogP contribution in [0, 0.1) is 11.3 Å². The van der Waals surface area contributed by atoms with Crippen molar-refractivity contribution in [3.05, 3.63) is 24.4 Å². The summed E-state index contributed by atoms with van der Waals surface area (Å²) in [5, 5.41) is 3.49. The highest BCUT2D eigenvalue weighted by Gasteiger charge is 2.38. The van der Waals surface area contributed by atoms with Crippen molar-refractivity contribution < 1.29 is 0 Å². The molecule has 4 nitrogen and oxygen atoms in total. The van der Waals surface area contributed by atoms with Crippen LogP contribution in [0.1, 0.15) is 66.2 Å². The molecule has 0 unspecified atom stereocenters. The van der Waals surface area contributed by atoms with E-state index in [0.717, 1.165) is 11.7 Å². The zero-order valence-electron chi connectivity index (χ0n) is 18.9.